The Morgan fingerprint density at radius 1 is 0.939 bits per heavy atom. The zero-order valence-corrected chi connectivity index (χ0v) is 18.9. The fourth-order valence-electron chi connectivity index (χ4n) is 2.88. The largest absolute Gasteiger partial charge is 0.484 e. The first-order chi connectivity index (χ1) is 16.1. The van der Waals surface area contributed by atoms with E-state index in [0.29, 0.717) is 11.3 Å². The zero-order valence-electron chi connectivity index (χ0n) is 17.3. The maximum Gasteiger partial charge on any atom is 0.276 e. The molecule has 4 aromatic rings. The highest BCUT2D eigenvalue weighted by Gasteiger charge is 2.09. The van der Waals surface area contributed by atoms with Gasteiger partial charge < -0.3 is 4.74 Å². The van der Waals surface area contributed by atoms with E-state index < -0.39 is 5.91 Å². The Balaban J connectivity index is 1.18. The molecular formula is C24H18N4O3S2. The number of nitriles is 1. The molecule has 33 heavy (non-hydrogen) atoms. The van der Waals surface area contributed by atoms with E-state index in [0.717, 1.165) is 25.7 Å². The molecule has 9 heteroatoms. The summed E-state index contributed by atoms with van der Waals surface area (Å²) < 4.78 is 7.33. The van der Waals surface area contributed by atoms with Crippen LogP contribution < -0.4 is 15.6 Å². The monoisotopic (exact) mass is 474 g/mol. The van der Waals surface area contributed by atoms with Crippen molar-refractivity contribution in [3.63, 3.8) is 0 Å². The number of fused-ring (bicyclic) bond motifs is 1. The summed E-state index contributed by atoms with van der Waals surface area (Å²) in [6, 6.07) is 24.4. The number of thioether (sulfide) groups is 1. The number of hydrazine groups is 1. The summed E-state index contributed by atoms with van der Waals surface area (Å²) in [7, 11) is 0. The molecule has 2 amide bonds. The zero-order chi connectivity index (χ0) is 23.0. The average Bonchev–Trinajstić information content (AvgIpc) is 3.28. The number of ether oxygens (including phenoxy) is 1. The number of hydrogen-bond donors (Lipinski definition) is 2. The molecule has 0 atom stereocenters. The number of para-hydroxylation sites is 1. The van der Waals surface area contributed by atoms with Crippen molar-refractivity contribution in [1.82, 2.24) is 15.8 Å². The van der Waals surface area contributed by atoms with Gasteiger partial charge in [-0.3, -0.25) is 20.4 Å². The van der Waals surface area contributed by atoms with E-state index >= 15 is 0 Å². The van der Waals surface area contributed by atoms with Gasteiger partial charge in [0.2, 0.25) is 5.91 Å². The molecule has 0 aliphatic rings. The van der Waals surface area contributed by atoms with E-state index in [-0.39, 0.29) is 18.3 Å². The first kappa shape index (κ1) is 22.3. The fourth-order valence-corrected chi connectivity index (χ4v) is 4.75. The topological polar surface area (TPSA) is 104 Å². The molecule has 164 valence electrons. The normalized spacial score (nSPS) is 10.4. The predicted octanol–water partition coefficient (Wildman–Crippen LogP) is 4.15. The van der Waals surface area contributed by atoms with Gasteiger partial charge in [0, 0.05) is 0 Å². The van der Waals surface area contributed by atoms with Gasteiger partial charge in [-0.15, -0.1) is 11.3 Å². The van der Waals surface area contributed by atoms with Crippen molar-refractivity contribution >= 4 is 45.1 Å². The smallest absolute Gasteiger partial charge is 0.276 e. The summed E-state index contributed by atoms with van der Waals surface area (Å²) in [6.45, 7) is -0.235. The number of aromatic nitrogens is 1. The molecule has 2 N–H and O–H groups in total. The van der Waals surface area contributed by atoms with Gasteiger partial charge in [-0.05, 0) is 47.5 Å². The molecule has 0 spiro atoms. The predicted molar refractivity (Wildman–Crippen MR) is 129 cm³/mol. The third-order valence-corrected chi connectivity index (χ3v) is 6.69. The van der Waals surface area contributed by atoms with E-state index in [1.807, 2.05) is 48.5 Å². The van der Waals surface area contributed by atoms with Gasteiger partial charge in [-0.1, -0.05) is 48.2 Å². The molecule has 0 radical (unpaired) electrons. The van der Waals surface area contributed by atoms with Crippen molar-refractivity contribution in [3.8, 4) is 22.9 Å². The molecule has 0 saturated carbocycles. The van der Waals surface area contributed by atoms with Crippen LogP contribution in [0, 0.1) is 11.3 Å². The minimum Gasteiger partial charge on any atom is -0.484 e. The second-order valence-corrected chi connectivity index (χ2v) is 9.09. The van der Waals surface area contributed by atoms with Gasteiger partial charge in [0.05, 0.1) is 27.6 Å². The van der Waals surface area contributed by atoms with Gasteiger partial charge >= 0.3 is 0 Å². The summed E-state index contributed by atoms with van der Waals surface area (Å²) in [5.41, 5.74) is 8.17. The lowest BCUT2D eigenvalue weighted by atomic mass is 10.0. The second-order valence-electron chi connectivity index (χ2n) is 6.83. The van der Waals surface area contributed by atoms with E-state index in [4.69, 9.17) is 10.00 Å². The molecule has 0 unspecified atom stereocenters. The summed E-state index contributed by atoms with van der Waals surface area (Å²) in [6.07, 6.45) is 0. The summed E-state index contributed by atoms with van der Waals surface area (Å²) in [5, 5.41) is 8.88. The Hall–Kier alpha value is -3.87. The third-order valence-electron chi connectivity index (χ3n) is 4.51. The number of benzene rings is 3. The molecule has 0 bridgehead atoms. The lowest BCUT2D eigenvalue weighted by Gasteiger charge is -2.09. The van der Waals surface area contributed by atoms with Crippen LogP contribution in [0.5, 0.6) is 5.75 Å². The van der Waals surface area contributed by atoms with Gasteiger partial charge in [-0.2, -0.15) is 5.26 Å². The third kappa shape index (κ3) is 6.10. The highest BCUT2D eigenvalue weighted by molar-refractivity contribution is 8.01. The van der Waals surface area contributed by atoms with Crippen LogP contribution in [0.15, 0.2) is 77.1 Å². The van der Waals surface area contributed by atoms with Crippen molar-refractivity contribution in [1.29, 1.82) is 5.26 Å². The molecule has 1 aromatic heterocycles. The van der Waals surface area contributed by atoms with Crippen molar-refractivity contribution in [2.45, 2.75) is 4.34 Å². The number of carbonyl (C=O) groups excluding carboxylic acids is 2. The van der Waals surface area contributed by atoms with Crippen LogP contribution in [-0.2, 0) is 9.59 Å². The summed E-state index contributed by atoms with van der Waals surface area (Å²) in [4.78, 5) is 28.4. The van der Waals surface area contributed by atoms with Crippen LogP contribution in [0.2, 0.25) is 0 Å². The molecule has 1 heterocycles. The number of amides is 2. The molecule has 4 rings (SSSR count). The maximum atomic E-state index is 12.0. The number of thiazole rings is 1. The Labute approximate surface area is 198 Å². The highest BCUT2D eigenvalue weighted by Crippen LogP contribution is 2.29. The first-order valence-corrected chi connectivity index (χ1v) is 11.7. The summed E-state index contributed by atoms with van der Waals surface area (Å²) >= 11 is 2.84. The Morgan fingerprint density at radius 3 is 2.30 bits per heavy atom. The van der Waals surface area contributed by atoms with Crippen LogP contribution in [0.25, 0.3) is 21.3 Å². The Morgan fingerprint density at radius 2 is 1.61 bits per heavy atom. The second kappa shape index (κ2) is 10.6. The average molecular weight is 475 g/mol. The molecular weight excluding hydrogens is 456 g/mol. The molecule has 0 fully saturated rings. The quantitative estimate of drug-likeness (QED) is 0.308. The number of nitrogens with zero attached hydrogens (tertiary/aromatic N) is 2. The Bertz CT molecular complexity index is 1280. The minimum absolute atomic E-state index is 0.137. The summed E-state index contributed by atoms with van der Waals surface area (Å²) in [5.74, 6) is -0.137. The SMILES string of the molecule is N#Cc1ccc(-c2ccc(OCC(=O)NNC(=O)CSc3nc4ccccc4s3)cc2)cc1. The van der Waals surface area contributed by atoms with Gasteiger partial charge in [-0.25, -0.2) is 4.98 Å². The highest BCUT2D eigenvalue weighted by atomic mass is 32.2. The van der Waals surface area contributed by atoms with Crippen molar-refractivity contribution < 1.29 is 14.3 Å². The van der Waals surface area contributed by atoms with Crippen LogP contribution in [0.4, 0.5) is 0 Å². The van der Waals surface area contributed by atoms with Crippen LogP contribution >= 0.6 is 23.1 Å². The Kier molecular flexibility index (Phi) is 7.19. The molecule has 0 saturated heterocycles. The molecule has 3 aromatic carbocycles. The van der Waals surface area contributed by atoms with Gasteiger partial charge in [0.1, 0.15) is 5.75 Å². The van der Waals surface area contributed by atoms with Crippen LogP contribution in [0.3, 0.4) is 0 Å². The van der Waals surface area contributed by atoms with Crippen molar-refractivity contribution in [2.75, 3.05) is 12.4 Å². The van der Waals surface area contributed by atoms with E-state index in [2.05, 4.69) is 21.9 Å². The number of nitrogens with one attached hydrogen (secondary N) is 2. The lowest BCUT2D eigenvalue weighted by Crippen LogP contribution is -2.44. The minimum atomic E-state index is -0.468. The standard InChI is InChI=1S/C24H18N4O3S2/c25-13-16-5-7-17(8-6-16)18-9-11-19(12-10-18)31-14-22(29)27-28-23(30)15-32-24-26-20-3-1-2-4-21(20)33-24/h1-12H,14-15H2,(H,27,29)(H,28,30). The van der Waals surface area contributed by atoms with Crippen molar-refractivity contribution in [3.05, 3.63) is 78.4 Å². The first-order valence-electron chi connectivity index (χ1n) is 9.90. The number of hydrogen-bond acceptors (Lipinski definition) is 7. The van der Waals surface area contributed by atoms with E-state index in [9.17, 15) is 9.59 Å². The number of carbonyl (C=O) groups is 2. The van der Waals surface area contributed by atoms with Crippen molar-refractivity contribution in [2.24, 2.45) is 0 Å². The van der Waals surface area contributed by atoms with E-state index in [1.54, 1.807) is 24.3 Å². The van der Waals surface area contributed by atoms with Crippen LogP contribution in [0.1, 0.15) is 5.56 Å². The molecule has 0 aliphatic carbocycles. The van der Waals surface area contributed by atoms with Gasteiger partial charge in [0.25, 0.3) is 5.91 Å². The van der Waals surface area contributed by atoms with Gasteiger partial charge in [0.15, 0.2) is 10.9 Å². The lowest BCUT2D eigenvalue weighted by molar-refractivity contribution is -0.128. The number of rotatable bonds is 7. The van der Waals surface area contributed by atoms with E-state index in [1.165, 1.54) is 23.1 Å². The maximum absolute atomic E-state index is 12.0. The molecule has 0 aliphatic heterocycles. The van der Waals surface area contributed by atoms with Crippen LogP contribution in [-0.4, -0.2) is 29.2 Å². The fraction of sp³-hybridized carbons (Fsp3) is 0.0833. The molecule has 7 nitrogen and oxygen atoms in total.